The average molecular weight is 362 g/mol. The maximum atomic E-state index is 10.2. The van der Waals surface area contributed by atoms with Crippen molar-refractivity contribution in [2.24, 2.45) is 4.99 Å². The van der Waals surface area contributed by atoms with E-state index in [1.165, 1.54) is 12.7 Å². The van der Waals surface area contributed by atoms with Gasteiger partial charge in [-0.3, -0.25) is 4.99 Å². The first kappa shape index (κ1) is 16.6. The van der Waals surface area contributed by atoms with Gasteiger partial charge in [0.25, 0.3) is 0 Å². The summed E-state index contributed by atoms with van der Waals surface area (Å²) in [5, 5.41) is 10.2. The number of phenols is 1. The molecule has 1 N–H and O–H groups in total. The number of aliphatic imine (C=N–C) groups is 1. The van der Waals surface area contributed by atoms with E-state index in [4.69, 9.17) is 4.74 Å². The predicted octanol–water partition coefficient (Wildman–Crippen LogP) is 5.43. The molecule has 0 aromatic heterocycles. The molecule has 3 nitrogen and oxygen atoms in total. The number of phenolic OH excluding ortho intramolecular Hbond substituents is 1. The smallest absolute Gasteiger partial charge is 0.166 e. The summed E-state index contributed by atoms with van der Waals surface area (Å²) < 4.78 is 5.99. The van der Waals surface area contributed by atoms with Crippen molar-refractivity contribution in [2.45, 2.75) is 26.2 Å². The van der Waals surface area contributed by atoms with Crippen molar-refractivity contribution in [3.05, 3.63) is 52.0 Å². The number of hydrogen-bond acceptors (Lipinski definition) is 3. The van der Waals surface area contributed by atoms with Crippen LogP contribution in [0.2, 0.25) is 0 Å². The molecule has 0 aliphatic carbocycles. The molecular formula is C18H20BrNO2. The van der Waals surface area contributed by atoms with Crippen LogP contribution in [-0.2, 0) is 0 Å². The highest BCUT2D eigenvalue weighted by atomic mass is 79.9. The van der Waals surface area contributed by atoms with Crippen LogP contribution in [-0.4, -0.2) is 18.4 Å². The van der Waals surface area contributed by atoms with E-state index in [1.54, 1.807) is 12.3 Å². The van der Waals surface area contributed by atoms with Crippen LogP contribution in [0, 0.1) is 0 Å². The molecule has 22 heavy (non-hydrogen) atoms. The molecule has 0 radical (unpaired) electrons. The largest absolute Gasteiger partial charge is 0.504 e. The molecule has 2 rings (SSSR count). The van der Waals surface area contributed by atoms with Crippen molar-refractivity contribution in [1.29, 1.82) is 0 Å². The molecule has 0 fully saturated rings. The van der Waals surface area contributed by atoms with Gasteiger partial charge >= 0.3 is 0 Å². The van der Waals surface area contributed by atoms with Gasteiger partial charge in [-0.25, -0.2) is 0 Å². The van der Waals surface area contributed by atoms with Gasteiger partial charge in [0.2, 0.25) is 0 Å². The number of aromatic hydroxyl groups is 1. The van der Waals surface area contributed by atoms with Crippen molar-refractivity contribution in [3.63, 3.8) is 0 Å². The quantitative estimate of drug-likeness (QED) is 0.721. The summed E-state index contributed by atoms with van der Waals surface area (Å²) >= 11 is 3.41. The highest BCUT2D eigenvalue weighted by Crippen LogP contribution is 2.33. The molecule has 2 aromatic carbocycles. The average Bonchev–Trinajstić information content (AvgIpc) is 2.54. The molecule has 0 saturated heterocycles. The third kappa shape index (κ3) is 3.69. The van der Waals surface area contributed by atoms with Crippen LogP contribution < -0.4 is 4.74 Å². The highest BCUT2D eigenvalue weighted by molar-refractivity contribution is 9.10. The summed E-state index contributed by atoms with van der Waals surface area (Å²) in [6, 6.07) is 11.6. The first-order valence-electron chi connectivity index (χ1n) is 7.26. The van der Waals surface area contributed by atoms with Crippen molar-refractivity contribution >= 4 is 27.8 Å². The number of methoxy groups -OCH3 is 1. The van der Waals surface area contributed by atoms with Crippen LogP contribution in [0.1, 0.15) is 37.3 Å². The van der Waals surface area contributed by atoms with Crippen LogP contribution in [0.15, 0.2) is 45.9 Å². The Morgan fingerprint density at radius 3 is 2.73 bits per heavy atom. The monoisotopic (exact) mass is 361 g/mol. The Morgan fingerprint density at radius 2 is 2.05 bits per heavy atom. The second-order valence-electron chi connectivity index (χ2n) is 5.17. The fourth-order valence-electron chi connectivity index (χ4n) is 2.23. The number of halogens is 1. The van der Waals surface area contributed by atoms with Crippen LogP contribution in [0.5, 0.6) is 11.5 Å². The molecule has 1 atom stereocenters. The molecule has 0 bridgehead atoms. The molecule has 0 spiro atoms. The first-order valence-corrected chi connectivity index (χ1v) is 8.05. The fourth-order valence-corrected chi connectivity index (χ4v) is 2.68. The van der Waals surface area contributed by atoms with E-state index in [0.29, 0.717) is 17.2 Å². The van der Waals surface area contributed by atoms with Gasteiger partial charge in [-0.1, -0.05) is 48.0 Å². The second-order valence-corrected chi connectivity index (χ2v) is 6.09. The standard InChI is InChI=1S/C18H20BrNO2/c1-4-12(2)15-7-5-6-8-16(15)20-11-13-9-14(19)10-17(22-3)18(13)21/h5-12,21H,4H2,1-3H3. The summed E-state index contributed by atoms with van der Waals surface area (Å²) in [5.41, 5.74) is 2.75. The summed E-state index contributed by atoms with van der Waals surface area (Å²) in [6.07, 6.45) is 2.73. The number of rotatable bonds is 5. The summed E-state index contributed by atoms with van der Waals surface area (Å²) in [4.78, 5) is 4.56. The SMILES string of the molecule is CCC(C)c1ccccc1N=Cc1cc(Br)cc(OC)c1O. The third-order valence-corrected chi connectivity index (χ3v) is 4.17. The lowest BCUT2D eigenvalue weighted by Crippen LogP contribution is -1.92. The lowest BCUT2D eigenvalue weighted by Gasteiger charge is -2.12. The molecular weight excluding hydrogens is 342 g/mol. The Kier molecular flexibility index (Phi) is 5.61. The molecule has 1 unspecified atom stereocenters. The Bertz CT molecular complexity index is 683. The van der Waals surface area contributed by atoms with Gasteiger partial charge in [-0.05, 0) is 36.1 Å². The van der Waals surface area contributed by atoms with Crippen LogP contribution >= 0.6 is 15.9 Å². The van der Waals surface area contributed by atoms with Crippen molar-refractivity contribution < 1.29 is 9.84 Å². The second kappa shape index (κ2) is 7.45. The zero-order valence-corrected chi connectivity index (χ0v) is 14.6. The molecule has 0 saturated carbocycles. The van der Waals surface area contributed by atoms with Gasteiger partial charge in [0.1, 0.15) is 0 Å². The number of para-hydroxylation sites is 1. The lowest BCUT2D eigenvalue weighted by atomic mass is 9.97. The maximum absolute atomic E-state index is 10.2. The minimum Gasteiger partial charge on any atom is -0.504 e. The van der Waals surface area contributed by atoms with E-state index in [9.17, 15) is 5.11 Å². The van der Waals surface area contributed by atoms with Crippen LogP contribution in [0.3, 0.4) is 0 Å². The van der Waals surface area contributed by atoms with E-state index < -0.39 is 0 Å². The normalized spacial score (nSPS) is 12.5. The maximum Gasteiger partial charge on any atom is 0.166 e. The van der Waals surface area contributed by atoms with E-state index in [1.807, 2.05) is 24.3 Å². The van der Waals surface area contributed by atoms with E-state index in [-0.39, 0.29) is 5.75 Å². The van der Waals surface area contributed by atoms with Crippen molar-refractivity contribution in [2.75, 3.05) is 7.11 Å². The molecule has 4 heteroatoms. The topological polar surface area (TPSA) is 41.8 Å². The Balaban J connectivity index is 2.40. The van der Waals surface area contributed by atoms with Gasteiger partial charge in [0.15, 0.2) is 11.5 Å². The number of hydrogen-bond donors (Lipinski definition) is 1. The van der Waals surface area contributed by atoms with Crippen LogP contribution in [0.4, 0.5) is 5.69 Å². The summed E-state index contributed by atoms with van der Waals surface area (Å²) in [6.45, 7) is 4.35. The van der Waals surface area contributed by atoms with Gasteiger partial charge in [-0.15, -0.1) is 0 Å². The number of nitrogens with zero attached hydrogens (tertiary/aromatic N) is 1. The molecule has 116 valence electrons. The summed E-state index contributed by atoms with van der Waals surface area (Å²) in [5.74, 6) is 0.959. The van der Waals surface area contributed by atoms with Crippen molar-refractivity contribution in [1.82, 2.24) is 0 Å². The minimum atomic E-state index is 0.0930. The van der Waals surface area contributed by atoms with Gasteiger partial charge in [0, 0.05) is 16.3 Å². The Hall–Kier alpha value is -1.81. The van der Waals surface area contributed by atoms with Gasteiger partial charge < -0.3 is 9.84 Å². The lowest BCUT2D eigenvalue weighted by molar-refractivity contribution is 0.373. The predicted molar refractivity (Wildman–Crippen MR) is 94.8 cm³/mol. The van der Waals surface area contributed by atoms with Gasteiger partial charge in [0.05, 0.1) is 12.8 Å². The van der Waals surface area contributed by atoms with E-state index >= 15 is 0 Å². The van der Waals surface area contributed by atoms with Crippen LogP contribution in [0.25, 0.3) is 0 Å². The summed E-state index contributed by atoms with van der Waals surface area (Å²) in [7, 11) is 1.53. The first-order chi connectivity index (χ1) is 10.6. The molecule has 0 aliphatic rings. The third-order valence-electron chi connectivity index (χ3n) is 3.71. The number of ether oxygens (including phenoxy) is 1. The van der Waals surface area contributed by atoms with E-state index in [2.05, 4.69) is 40.8 Å². The van der Waals surface area contributed by atoms with E-state index in [0.717, 1.165) is 16.6 Å². The molecule has 2 aromatic rings. The highest BCUT2D eigenvalue weighted by Gasteiger charge is 2.10. The fraction of sp³-hybridized carbons (Fsp3) is 0.278. The Labute approximate surface area is 139 Å². The number of benzene rings is 2. The minimum absolute atomic E-state index is 0.0930. The molecule has 0 heterocycles. The molecule has 0 amide bonds. The molecule has 0 aliphatic heterocycles. The Morgan fingerprint density at radius 1 is 1.32 bits per heavy atom. The van der Waals surface area contributed by atoms with Crippen molar-refractivity contribution in [3.8, 4) is 11.5 Å². The zero-order valence-electron chi connectivity index (χ0n) is 13.0. The van der Waals surface area contributed by atoms with Gasteiger partial charge in [-0.2, -0.15) is 0 Å². The zero-order chi connectivity index (χ0) is 16.1.